The van der Waals surface area contributed by atoms with Gasteiger partial charge in [0.05, 0.1) is 5.69 Å². The van der Waals surface area contributed by atoms with E-state index in [1.54, 1.807) is 6.07 Å². The van der Waals surface area contributed by atoms with Crippen molar-refractivity contribution in [2.45, 2.75) is 19.9 Å². The highest BCUT2D eigenvalue weighted by Gasteiger charge is 2.21. The number of rotatable bonds is 5. The fourth-order valence-corrected chi connectivity index (χ4v) is 3.72. The number of nitrogens with zero attached hydrogens (tertiary/aromatic N) is 4. The van der Waals surface area contributed by atoms with E-state index in [2.05, 4.69) is 44.1 Å². The fourth-order valence-electron chi connectivity index (χ4n) is 3.72. The van der Waals surface area contributed by atoms with Gasteiger partial charge in [-0.25, -0.2) is 14.4 Å². The molecular weight excluding hydrogens is 365 g/mol. The van der Waals surface area contributed by atoms with Gasteiger partial charge in [0, 0.05) is 38.3 Å². The lowest BCUT2D eigenvalue weighted by Gasteiger charge is -2.37. The van der Waals surface area contributed by atoms with E-state index in [-0.39, 0.29) is 11.9 Å². The molecule has 1 aromatic heterocycles. The molecule has 1 aliphatic rings. The molecule has 29 heavy (non-hydrogen) atoms. The summed E-state index contributed by atoms with van der Waals surface area (Å²) in [7, 11) is 0. The molecule has 4 rings (SSSR count). The maximum atomic E-state index is 14.1. The molecule has 1 saturated heterocycles. The van der Waals surface area contributed by atoms with E-state index in [1.165, 1.54) is 11.6 Å². The number of piperazine rings is 1. The average molecular weight is 391 g/mol. The minimum Gasteiger partial charge on any atom is -0.366 e. The molecule has 2 heterocycles. The molecule has 0 spiro atoms. The van der Waals surface area contributed by atoms with Gasteiger partial charge < -0.3 is 15.1 Å². The van der Waals surface area contributed by atoms with Gasteiger partial charge in [0.15, 0.2) is 0 Å². The zero-order chi connectivity index (χ0) is 20.2. The fraction of sp³-hybridized carbons (Fsp3) is 0.304. The van der Waals surface area contributed by atoms with Gasteiger partial charge in [0.2, 0.25) is 0 Å². The van der Waals surface area contributed by atoms with Gasteiger partial charge in [-0.1, -0.05) is 42.5 Å². The summed E-state index contributed by atoms with van der Waals surface area (Å²) in [6.07, 6.45) is 0. The molecule has 2 aromatic carbocycles. The van der Waals surface area contributed by atoms with Crippen LogP contribution in [0.2, 0.25) is 0 Å². The van der Waals surface area contributed by atoms with Crippen molar-refractivity contribution < 1.29 is 4.39 Å². The third-order valence-electron chi connectivity index (χ3n) is 5.29. The zero-order valence-corrected chi connectivity index (χ0v) is 16.8. The van der Waals surface area contributed by atoms with Crippen LogP contribution in [0.5, 0.6) is 0 Å². The first-order valence-corrected chi connectivity index (χ1v) is 10.0. The number of hydrogen-bond donors (Lipinski definition) is 1. The maximum Gasteiger partial charge on any atom is 0.146 e. The topological polar surface area (TPSA) is 44.3 Å². The van der Waals surface area contributed by atoms with Crippen molar-refractivity contribution in [1.82, 2.24) is 9.97 Å². The van der Waals surface area contributed by atoms with Gasteiger partial charge in [-0.15, -0.1) is 0 Å². The van der Waals surface area contributed by atoms with E-state index in [1.807, 2.05) is 43.3 Å². The summed E-state index contributed by atoms with van der Waals surface area (Å²) >= 11 is 0. The molecule has 1 fully saturated rings. The molecule has 5 nitrogen and oxygen atoms in total. The first kappa shape index (κ1) is 19.2. The Morgan fingerprint density at radius 2 is 1.55 bits per heavy atom. The molecular formula is C23H26FN5. The van der Waals surface area contributed by atoms with Gasteiger partial charge in [0.1, 0.15) is 23.3 Å². The monoisotopic (exact) mass is 391 g/mol. The summed E-state index contributed by atoms with van der Waals surface area (Å²) in [5.41, 5.74) is 1.88. The van der Waals surface area contributed by atoms with Gasteiger partial charge in [-0.3, -0.25) is 0 Å². The normalized spacial score (nSPS) is 15.3. The zero-order valence-electron chi connectivity index (χ0n) is 16.8. The lowest BCUT2D eigenvalue weighted by molar-refractivity contribution is 0.596. The van der Waals surface area contributed by atoms with E-state index in [4.69, 9.17) is 0 Å². The van der Waals surface area contributed by atoms with Crippen molar-refractivity contribution >= 4 is 17.3 Å². The summed E-state index contributed by atoms with van der Waals surface area (Å²) in [5, 5.41) is 3.48. The van der Waals surface area contributed by atoms with Crippen LogP contribution in [0.1, 0.15) is 24.4 Å². The van der Waals surface area contributed by atoms with Crippen molar-refractivity contribution in [2.24, 2.45) is 0 Å². The predicted octanol–water partition coefficient (Wildman–Crippen LogP) is 4.42. The van der Waals surface area contributed by atoms with Gasteiger partial charge >= 0.3 is 0 Å². The smallest absolute Gasteiger partial charge is 0.146 e. The Hall–Kier alpha value is -3.15. The first-order valence-electron chi connectivity index (χ1n) is 10.0. The van der Waals surface area contributed by atoms with Gasteiger partial charge in [-0.05, 0) is 31.5 Å². The minimum atomic E-state index is -0.166. The number of aromatic nitrogens is 2. The van der Waals surface area contributed by atoms with Crippen LogP contribution in [0.4, 0.5) is 21.7 Å². The van der Waals surface area contributed by atoms with Crippen LogP contribution in [0.15, 0.2) is 60.7 Å². The van der Waals surface area contributed by atoms with Crippen LogP contribution in [0, 0.1) is 12.7 Å². The summed E-state index contributed by atoms with van der Waals surface area (Å²) in [5.74, 6) is 2.30. The Morgan fingerprint density at radius 1 is 0.897 bits per heavy atom. The lowest BCUT2D eigenvalue weighted by atomic mass is 10.1. The number of benzene rings is 2. The molecule has 0 saturated carbocycles. The predicted molar refractivity (Wildman–Crippen MR) is 116 cm³/mol. The Labute approximate surface area is 171 Å². The number of hydrogen-bond acceptors (Lipinski definition) is 5. The van der Waals surface area contributed by atoms with Crippen molar-refractivity contribution in [3.05, 3.63) is 77.9 Å². The molecule has 150 valence electrons. The van der Waals surface area contributed by atoms with Gasteiger partial charge in [0.25, 0.3) is 0 Å². The maximum absolute atomic E-state index is 14.1. The van der Waals surface area contributed by atoms with Crippen molar-refractivity contribution in [2.75, 3.05) is 41.3 Å². The largest absolute Gasteiger partial charge is 0.366 e. The van der Waals surface area contributed by atoms with Crippen LogP contribution in [0.25, 0.3) is 0 Å². The van der Waals surface area contributed by atoms with Crippen LogP contribution in [-0.4, -0.2) is 36.1 Å². The third-order valence-corrected chi connectivity index (χ3v) is 5.29. The Bertz CT molecular complexity index is 954. The van der Waals surface area contributed by atoms with Crippen LogP contribution in [0.3, 0.4) is 0 Å². The number of aryl methyl sites for hydroxylation is 1. The van der Waals surface area contributed by atoms with Crippen molar-refractivity contribution in [3.8, 4) is 0 Å². The van der Waals surface area contributed by atoms with Crippen molar-refractivity contribution in [3.63, 3.8) is 0 Å². The number of nitrogens with one attached hydrogen (secondary N) is 1. The van der Waals surface area contributed by atoms with E-state index >= 15 is 0 Å². The summed E-state index contributed by atoms with van der Waals surface area (Å²) in [6, 6.07) is 19.4. The second-order valence-corrected chi connectivity index (χ2v) is 7.36. The molecule has 1 N–H and O–H groups in total. The van der Waals surface area contributed by atoms with E-state index in [0.29, 0.717) is 5.69 Å². The van der Waals surface area contributed by atoms with Gasteiger partial charge in [-0.2, -0.15) is 0 Å². The second-order valence-electron chi connectivity index (χ2n) is 7.36. The second kappa shape index (κ2) is 8.47. The van der Waals surface area contributed by atoms with E-state index < -0.39 is 0 Å². The molecule has 1 unspecified atom stereocenters. The molecule has 0 aliphatic carbocycles. The third kappa shape index (κ3) is 4.47. The molecule has 0 radical (unpaired) electrons. The molecule has 3 aromatic rings. The average Bonchev–Trinajstić information content (AvgIpc) is 2.74. The Balaban J connectivity index is 1.45. The molecule has 1 atom stereocenters. The lowest BCUT2D eigenvalue weighted by Crippen LogP contribution is -2.47. The summed E-state index contributed by atoms with van der Waals surface area (Å²) < 4.78 is 14.1. The standard InChI is InChI=1S/C23H26FN5/c1-17(19-8-4-3-5-9-19)25-22-16-23(27-18(2)26-22)29-14-12-28(13-15-29)21-11-7-6-10-20(21)24/h3-11,16-17H,12-15H2,1-2H3,(H,25,26,27). The quantitative estimate of drug-likeness (QED) is 0.697. The first-order chi connectivity index (χ1) is 14.1. The summed E-state index contributed by atoms with van der Waals surface area (Å²) in [6.45, 7) is 7.13. The highest BCUT2D eigenvalue weighted by Crippen LogP contribution is 2.24. The van der Waals surface area contributed by atoms with Crippen molar-refractivity contribution in [1.29, 1.82) is 0 Å². The molecule has 1 aliphatic heterocycles. The Kier molecular flexibility index (Phi) is 5.60. The number of halogens is 1. The highest BCUT2D eigenvalue weighted by molar-refractivity contribution is 5.53. The van der Waals surface area contributed by atoms with E-state index in [0.717, 1.165) is 43.6 Å². The van der Waals surface area contributed by atoms with E-state index in [9.17, 15) is 4.39 Å². The SMILES string of the molecule is Cc1nc(NC(C)c2ccccc2)cc(N2CCN(c3ccccc3F)CC2)n1. The Morgan fingerprint density at radius 3 is 2.28 bits per heavy atom. The van der Waals surface area contributed by atoms with Crippen LogP contribution in [-0.2, 0) is 0 Å². The molecule has 0 bridgehead atoms. The molecule has 0 amide bonds. The summed E-state index contributed by atoms with van der Waals surface area (Å²) in [4.78, 5) is 13.5. The number of para-hydroxylation sites is 1. The van der Waals surface area contributed by atoms with Crippen LogP contribution >= 0.6 is 0 Å². The molecule has 6 heteroatoms. The minimum absolute atomic E-state index is 0.149. The number of anilines is 3. The van der Waals surface area contributed by atoms with Crippen LogP contribution < -0.4 is 15.1 Å². The highest BCUT2D eigenvalue weighted by atomic mass is 19.1.